The minimum Gasteiger partial charge on any atom is -0.477 e. The fraction of sp³-hybridized carbons (Fsp3) is 0.391. The molecule has 0 aliphatic rings. The van der Waals surface area contributed by atoms with Crippen LogP contribution >= 0.6 is 11.3 Å². The van der Waals surface area contributed by atoms with Gasteiger partial charge < -0.3 is 15.8 Å². The first-order valence-electron chi connectivity index (χ1n) is 11.1. The van der Waals surface area contributed by atoms with E-state index in [0.717, 1.165) is 4.88 Å². The number of nitrogens with two attached hydrogens (primary N) is 1. The summed E-state index contributed by atoms with van der Waals surface area (Å²) in [7, 11) is 3.58. The van der Waals surface area contributed by atoms with Crippen molar-refractivity contribution in [1.29, 1.82) is 0 Å². The second-order valence-electron chi connectivity index (χ2n) is 7.90. The maximum atomic E-state index is 13.0. The number of fused-ring (bicyclic) bond motifs is 1. The quantitative estimate of drug-likeness (QED) is 0.322. The molecule has 0 aliphatic heterocycles. The normalized spacial score (nSPS) is 11.2. The number of aromatic carboxylic acids is 1. The van der Waals surface area contributed by atoms with Gasteiger partial charge in [0.2, 0.25) is 0 Å². The summed E-state index contributed by atoms with van der Waals surface area (Å²) >= 11 is 1.27. The zero-order chi connectivity index (χ0) is 25.0. The third-order valence-corrected chi connectivity index (χ3v) is 6.59. The van der Waals surface area contributed by atoms with Crippen LogP contribution in [0.25, 0.3) is 10.9 Å². The summed E-state index contributed by atoms with van der Waals surface area (Å²) < 4.78 is 0. The number of carboxylic acid groups (broad SMARTS) is 1. The second-order valence-corrected chi connectivity index (χ2v) is 8.99. The monoisotopic (exact) mass is 486 g/mol. The topological polar surface area (TPSA) is 145 Å². The molecule has 182 valence electrons. The molecule has 0 saturated heterocycles. The van der Waals surface area contributed by atoms with E-state index in [4.69, 9.17) is 5.73 Å². The summed E-state index contributed by atoms with van der Waals surface area (Å²) in [5, 5.41) is 16.6. The van der Waals surface area contributed by atoms with E-state index in [1.807, 2.05) is 13.8 Å². The molecule has 0 unspecified atom stereocenters. The van der Waals surface area contributed by atoms with Gasteiger partial charge in [0, 0.05) is 42.0 Å². The number of anilines is 1. The van der Waals surface area contributed by atoms with E-state index in [9.17, 15) is 19.5 Å². The van der Waals surface area contributed by atoms with E-state index >= 15 is 0 Å². The SMILES string of the molecule is CCc1sc(NC(=O)c2ccc3[nH]c(C(=O)O)c(CCCN)c3c2)nc1C(=O)N(CC)N(C)C. The number of hydrogen-bond donors (Lipinski definition) is 4. The van der Waals surface area contributed by atoms with Crippen LogP contribution in [0.3, 0.4) is 0 Å². The number of carbonyl (C=O) groups is 3. The Morgan fingerprint density at radius 3 is 2.56 bits per heavy atom. The van der Waals surface area contributed by atoms with Gasteiger partial charge in [-0.2, -0.15) is 0 Å². The first kappa shape index (κ1) is 25.3. The van der Waals surface area contributed by atoms with Gasteiger partial charge in [-0.05, 0) is 56.5 Å². The third-order valence-electron chi connectivity index (χ3n) is 5.47. The Labute approximate surface area is 201 Å². The van der Waals surface area contributed by atoms with Crippen LogP contribution in [0.15, 0.2) is 18.2 Å². The summed E-state index contributed by atoms with van der Waals surface area (Å²) in [6.45, 7) is 4.74. The Morgan fingerprint density at radius 1 is 1.24 bits per heavy atom. The highest BCUT2D eigenvalue weighted by atomic mass is 32.1. The number of nitrogens with one attached hydrogen (secondary N) is 2. The number of aryl methyl sites for hydroxylation is 2. The van der Waals surface area contributed by atoms with Crippen molar-refractivity contribution in [2.24, 2.45) is 5.73 Å². The Hall–Kier alpha value is -3.28. The van der Waals surface area contributed by atoms with Crippen molar-refractivity contribution >= 4 is 45.2 Å². The minimum absolute atomic E-state index is 0.109. The highest BCUT2D eigenvalue weighted by molar-refractivity contribution is 7.16. The number of amides is 2. The van der Waals surface area contributed by atoms with E-state index in [1.165, 1.54) is 11.3 Å². The molecule has 5 N–H and O–H groups in total. The summed E-state index contributed by atoms with van der Waals surface area (Å²) in [5.74, 6) is -1.67. The van der Waals surface area contributed by atoms with Gasteiger partial charge in [0.15, 0.2) is 5.13 Å². The molecule has 0 fully saturated rings. The Kier molecular flexibility index (Phi) is 8.02. The standard InChI is InChI=1S/C23H30N6O4S/c1-5-17-19(21(31)29(6-2)28(3)4)26-23(34-17)27-20(30)13-9-10-16-15(12-13)14(8-7-11-24)18(25-16)22(32)33/h9-10,12,25H,5-8,11,24H2,1-4H3,(H,32,33)(H,26,27,30). The fourth-order valence-corrected chi connectivity index (χ4v) is 4.71. The van der Waals surface area contributed by atoms with Gasteiger partial charge in [-0.3, -0.25) is 19.9 Å². The summed E-state index contributed by atoms with van der Waals surface area (Å²) in [4.78, 5) is 45.7. The van der Waals surface area contributed by atoms with Crippen LogP contribution in [0.1, 0.15) is 62.0 Å². The van der Waals surface area contributed by atoms with E-state index in [1.54, 1.807) is 42.3 Å². The van der Waals surface area contributed by atoms with Gasteiger partial charge in [-0.1, -0.05) is 6.92 Å². The van der Waals surface area contributed by atoms with Crippen LogP contribution in [0, 0.1) is 0 Å². The van der Waals surface area contributed by atoms with E-state index in [2.05, 4.69) is 15.3 Å². The van der Waals surface area contributed by atoms with Crippen LogP contribution in [-0.4, -0.2) is 70.1 Å². The number of benzene rings is 1. The predicted octanol–water partition coefficient (Wildman–Crippen LogP) is 2.97. The Morgan fingerprint density at radius 2 is 1.97 bits per heavy atom. The molecule has 0 bridgehead atoms. The Bertz CT molecular complexity index is 1220. The predicted molar refractivity (Wildman–Crippen MR) is 132 cm³/mol. The van der Waals surface area contributed by atoms with Crippen LogP contribution < -0.4 is 11.1 Å². The molecule has 0 spiro atoms. The molecule has 11 heteroatoms. The number of hydrogen-bond acceptors (Lipinski definition) is 7. The highest BCUT2D eigenvalue weighted by Gasteiger charge is 2.24. The largest absolute Gasteiger partial charge is 0.477 e. The van der Waals surface area contributed by atoms with Crippen LogP contribution in [0.2, 0.25) is 0 Å². The number of thiazole rings is 1. The van der Waals surface area contributed by atoms with Crippen molar-refractivity contribution in [3.05, 3.63) is 45.6 Å². The zero-order valence-electron chi connectivity index (χ0n) is 19.8. The number of nitrogens with zero attached hydrogens (tertiary/aromatic N) is 3. The third kappa shape index (κ3) is 5.11. The molecule has 2 aromatic heterocycles. The van der Waals surface area contributed by atoms with Gasteiger partial charge in [-0.15, -0.1) is 11.3 Å². The lowest BCUT2D eigenvalue weighted by Crippen LogP contribution is -2.42. The molecule has 34 heavy (non-hydrogen) atoms. The van der Waals surface area contributed by atoms with Gasteiger partial charge >= 0.3 is 5.97 Å². The van der Waals surface area contributed by atoms with Crippen molar-refractivity contribution in [2.45, 2.75) is 33.1 Å². The lowest BCUT2D eigenvalue weighted by Gasteiger charge is -2.27. The molecule has 0 aliphatic carbocycles. The molecular weight excluding hydrogens is 456 g/mol. The molecule has 1 aromatic carbocycles. The molecule has 3 rings (SSSR count). The van der Waals surface area contributed by atoms with Gasteiger partial charge in [0.05, 0.1) is 0 Å². The number of aromatic amines is 1. The first-order chi connectivity index (χ1) is 16.2. The fourth-order valence-electron chi connectivity index (χ4n) is 3.82. The smallest absolute Gasteiger partial charge is 0.352 e. The maximum Gasteiger partial charge on any atom is 0.352 e. The van der Waals surface area contributed by atoms with Crippen LogP contribution in [0.4, 0.5) is 5.13 Å². The van der Waals surface area contributed by atoms with Crippen molar-refractivity contribution in [3.8, 4) is 0 Å². The Balaban J connectivity index is 1.91. The molecule has 0 atom stereocenters. The molecular formula is C23H30N6O4S. The number of carboxylic acids is 1. The average Bonchev–Trinajstić information content (AvgIpc) is 3.38. The number of carbonyl (C=O) groups excluding carboxylic acids is 2. The summed E-state index contributed by atoms with van der Waals surface area (Å²) in [6, 6.07) is 4.98. The lowest BCUT2D eigenvalue weighted by atomic mass is 10.0. The molecule has 0 radical (unpaired) electrons. The van der Waals surface area contributed by atoms with Crippen LogP contribution in [0.5, 0.6) is 0 Å². The van der Waals surface area contributed by atoms with Crippen molar-refractivity contribution < 1.29 is 19.5 Å². The van der Waals surface area contributed by atoms with Crippen molar-refractivity contribution in [2.75, 3.05) is 32.5 Å². The molecule has 3 aromatic rings. The number of rotatable bonds is 10. The maximum absolute atomic E-state index is 13.0. The molecule has 10 nitrogen and oxygen atoms in total. The zero-order valence-corrected chi connectivity index (χ0v) is 20.6. The number of aromatic nitrogens is 2. The van der Waals surface area contributed by atoms with Gasteiger partial charge in [0.1, 0.15) is 11.4 Å². The average molecular weight is 487 g/mol. The van der Waals surface area contributed by atoms with E-state index in [0.29, 0.717) is 65.2 Å². The second kappa shape index (κ2) is 10.8. The van der Waals surface area contributed by atoms with E-state index in [-0.39, 0.29) is 17.5 Å². The summed E-state index contributed by atoms with van der Waals surface area (Å²) in [6.07, 6.45) is 1.72. The highest BCUT2D eigenvalue weighted by Crippen LogP contribution is 2.28. The van der Waals surface area contributed by atoms with Crippen molar-refractivity contribution in [1.82, 2.24) is 20.0 Å². The minimum atomic E-state index is -1.06. The number of H-pyrrole nitrogens is 1. The molecule has 0 saturated carbocycles. The van der Waals surface area contributed by atoms with E-state index < -0.39 is 5.97 Å². The summed E-state index contributed by atoms with van der Waals surface area (Å²) in [5.41, 5.74) is 7.68. The molecule has 2 amide bonds. The van der Waals surface area contributed by atoms with Gasteiger partial charge in [0.25, 0.3) is 11.8 Å². The van der Waals surface area contributed by atoms with Crippen molar-refractivity contribution in [3.63, 3.8) is 0 Å². The molecule has 2 heterocycles. The number of hydrazine groups is 1. The van der Waals surface area contributed by atoms with Gasteiger partial charge in [-0.25, -0.2) is 14.8 Å². The first-order valence-corrected chi connectivity index (χ1v) is 11.9. The van der Waals surface area contributed by atoms with Crippen LogP contribution in [-0.2, 0) is 12.8 Å². The lowest BCUT2D eigenvalue weighted by molar-refractivity contribution is 0.0224.